The summed E-state index contributed by atoms with van der Waals surface area (Å²) < 4.78 is 10.5. The molecule has 0 saturated carbocycles. The first-order valence-corrected chi connectivity index (χ1v) is 8.82. The van der Waals surface area contributed by atoms with Crippen LogP contribution in [0.3, 0.4) is 0 Å². The van der Waals surface area contributed by atoms with Crippen molar-refractivity contribution in [3.63, 3.8) is 0 Å². The number of hydrogen-bond donors (Lipinski definition) is 2. The number of amides is 2. The van der Waals surface area contributed by atoms with Crippen molar-refractivity contribution in [2.75, 3.05) is 26.1 Å². The van der Waals surface area contributed by atoms with Gasteiger partial charge in [0.25, 0.3) is 5.91 Å². The first-order chi connectivity index (χ1) is 12.0. The molecule has 0 saturated heterocycles. The summed E-state index contributed by atoms with van der Waals surface area (Å²) >= 11 is 1.48. The Labute approximate surface area is 151 Å². The summed E-state index contributed by atoms with van der Waals surface area (Å²) in [4.78, 5) is 23.9. The number of rotatable bonds is 8. The molecular formula is C18H22N2O4S. The predicted molar refractivity (Wildman–Crippen MR) is 98.8 cm³/mol. The van der Waals surface area contributed by atoms with E-state index in [1.165, 1.54) is 11.3 Å². The van der Waals surface area contributed by atoms with Crippen LogP contribution >= 0.6 is 11.3 Å². The van der Waals surface area contributed by atoms with Gasteiger partial charge in [0.15, 0.2) is 11.5 Å². The van der Waals surface area contributed by atoms with E-state index in [2.05, 4.69) is 10.6 Å². The minimum atomic E-state index is -0.114. The van der Waals surface area contributed by atoms with E-state index in [0.717, 1.165) is 5.56 Å². The van der Waals surface area contributed by atoms with Gasteiger partial charge in [-0.05, 0) is 36.4 Å². The van der Waals surface area contributed by atoms with E-state index in [4.69, 9.17) is 9.47 Å². The van der Waals surface area contributed by atoms with Gasteiger partial charge in [-0.15, -0.1) is 0 Å². The summed E-state index contributed by atoms with van der Waals surface area (Å²) in [7, 11) is 3.12. The van der Waals surface area contributed by atoms with E-state index < -0.39 is 0 Å². The quantitative estimate of drug-likeness (QED) is 0.707. The molecule has 0 atom stereocenters. The first kappa shape index (κ1) is 18.8. The van der Waals surface area contributed by atoms with Crippen molar-refractivity contribution in [1.29, 1.82) is 0 Å². The monoisotopic (exact) mass is 362 g/mol. The summed E-state index contributed by atoms with van der Waals surface area (Å²) in [6.07, 6.45) is 0.881. The average molecular weight is 362 g/mol. The topological polar surface area (TPSA) is 76.7 Å². The highest BCUT2D eigenvalue weighted by atomic mass is 32.1. The second-order valence-electron chi connectivity index (χ2n) is 5.44. The van der Waals surface area contributed by atoms with Gasteiger partial charge < -0.3 is 20.1 Å². The van der Waals surface area contributed by atoms with Crippen molar-refractivity contribution < 1.29 is 19.1 Å². The second kappa shape index (κ2) is 9.08. The fourth-order valence-electron chi connectivity index (χ4n) is 2.27. The van der Waals surface area contributed by atoms with E-state index >= 15 is 0 Å². The Hall–Kier alpha value is -2.54. The van der Waals surface area contributed by atoms with Gasteiger partial charge in [0.1, 0.15) is 0 Å². The Bertz CT molecular complexity index is 729. The van der Waals surface area contributed by atoms with Gasteiger partial charge in [-0.1, -0.05) is 0 Å². The summed E-state index contributed by atoms with van der Waals surface area (Å²) in [5, 5.41) is 9.32. The molecule has 0 aliphatic heterocycles. The molecule has 0 spiro atoms. The van der Waals surface area contributed by atoms with Gasteiger partial charge in [-0.2, -0.15) is 11.3 Å². The predicted octanol–water partition coefficient (Wildman–Crippen LogP) is 3.22. The molecule has 0 radical (unpaired) electrons. The smallest absolute Gasteiger partial charge is 0.252 e. The molecule has 1 heterocycles. The van der Waals surface area contributed by atoms with Gasteiger partial charge in [-0.25, -0.2) is 0 Å². The minimum Gasteiger partial charge on any atom is -0.493 e. The van der Waals surface area contributed by atoms with Crippen molar-refractivity contribution in [3.05, 3.63) is 40.1 Å². The number of benzene rings is 1. The van der Waals surface area contributed by atoms with Crippen molar-refractivity contribution >= 4 is 28.8 Å². The number of carbonyl (C=O) groups excluding carboxylic acids is 2. The van der Waals surface area contributed by atoms with E-state index in [1.807, 2.05) is 18.4 Å². The zero-order valence-electron chi connectivity index (χ0n) is 14.5. The first-order valence-electron chi connectivity index (χ1n) is 7.88. The Morgan fingerprint density at radius 1 is 1.16 bits per heavy atom. The average Bonchev–Trinajstić information content (AvgIpc) is 3.14. The highest BCUT2D eigenvalue weighted by Gasteiger charge is 2.11. The minimum absolute atomic E-state index is 0.111. The molecule has 7 heteroatoms. The Morgan fingerprint density at radius 3 is 2.52 bits per heavy atom. The van der Waals surface area contributed by atoms with Gasteiger partial charge in [0, 0.05) is 35.7 Å². The van der Waals surface area contributed by atoms with Crippen LogP contribution in [0.2, 0.25) is 0 Å². The van der Waals surface area contributed by atoms with Crippen LogP contribution in [0, 0.1) is 6.92 Å². The van der Waals surface area contributed by atoms with Crippen LogP contribution in [0.5, 0.6) is 11.5 Å². The standard InChI is InChI=1S/C18H22N2O4S/c1-12-9-15(23-2)16(24-3)10-14(12)20-17(21)5-4-7-19-18(22)13-6-8-25-11-13/h6,8-11H,4-5,7H2,1-3H3,(H,19,22)(H,20,21). The van der Waals surface area contributed by atoms with Gasteiger partial charge in [0.05, 0.1) is 14.2 Å². The molecule has 2 N–H and O–H groups in total. The number of ether oxygens (including phenoxy) is 2. The molecule has 0 aliphatic rings. The van der Waals surface area contributed by atoms with Crippen molar-refractivity contribution in [1.82, 2.24) is 5.32 Å². The van der Waals surface area contributed by atoms with Crippen LogP contribution in [0.15, 0.2) is 29.0 Å². The number of methoxy groups -OCH3 is 2. The number of thiophene rings is 1. The summed E-state index contributed by atoms with van der Waals surface area (Å²) in [6.45, 7) is 2.34. The fraction of sp³-hybridized carbons (Fsp3) is 0.333. The molecule has 2 aromatic rings. The Balaban J connectivity index is 1.81. The lowest BCUT2D eigenvalue weighted by atomic mass is 10.1. The Kier molecular flexibility index (Phi) is 6.82. The number of anilines is 1. The summed E-state index contributed by atoms with van der Waals surface area (Å²) in [5.74, 6) is 0.957. The van der Waals surface area contributed by atoms with Crippen LogP contribution in [0.25, 0.3) is 0 Å². The third-order valence-electron chi connectivity index (χ3n) is 3.65. The maximum atomic E-state index is 12.1. The zero-order chi connectivity index (χ0) is 18.2. The number of carbonyl (C=O) groups is 2. The van der Waals surface area contributed by atoms with Crippen molar-refractivity contribution in [3.8, 4) is 11.5 Å². The molecule has 1 aromatic heterocycles. The number of nitrogens with one attached hydrogen (secondary N) is 2. The normalized spacial score (nSPS) is 10.2. The molecule has 0 aliphatic carbocycles. The molecule has 134 valence electrons. The van der Waals surface area contributed by atoms with E-state index in [1.54, 1.807) is 31.7 Å². The van der Waals surface area contributed by atoms with Gasteiger partial charge in [-0.3, -0.25) is 9.59 Å². The fourth-order valence-corrected chi connectivity index (χ4v) is 2.91. The van der Waals surface area contributed by atoms with E-state index in [9.17, 15) is 9.59 Å². The molecule has 0 bridgehead atoms. The largest absolute Gasteiger partial charge is 0.493 e. The zero-order valence-corrected chi connectivity index (χ0v) is 15.4. The molecule has 6 nitrogen and oxygen atoms in total. The maximum absolute atomic E-state index is 12.1. The van der Waals surface area contributed by atoms with Crippen LogP contribution in [-0.4, -0.2) is 32.6 Å². The van der Waals surface area contributed by atoms with Crippen LogP contribution in [0.4, 0.5) is 5.69 Å². The number of aryl methyl sites for hydroxylation is 1. The van der Waals surface area contributed by atoms with Crippen molar-refractivity contribution in [2.24, 2.45) is 0 Å². The van der Waals surface area contributed by atoms with Crippen molar-refractivity contribution in [2.45, 2.75) is 19.8 Å². The maximum Gasteiger partial charge on any atom is 0.252 e. The van der Waals surface area contributed by atoms with Gasteiger partial charge in [0.2, 0.25) is 5.91 Å². The third kappa shape index (κ3) is 5.22. The van der Waals surface area contributed by atoms with Crippen LogP contribution in [0.1, 0.15) is 28.8 Å². The SMILES string of the molecule is COc1cc(C)c(NC(=O)CCCNC(=O)c2ccsc2)cc1OC. The molecule has 0 unspecified atom stereocenters. The lowest BCUT2D eigenvalue weighted by Gasteiger charge is -2.13. The van der Waals surface area contributed by atoms with Crippen LogP contribution < -0.4 is 20.1 Å². The van der Waals surface area contributed by atoms with Gasteiger partial charge >= 0.3 is 0 Å². The lowest BCUT2D eigenvalue weighted by Crippen LogP contribution is -2.25. The molecule has 25 heavy (non-hydrogen) atoms. The third-order valence-corrected chi connectivity index (χ3v) is 4.34. The molecule has 1 aromatic carbocycles. The highest BCUT2D eigenvalue weighted by molar-refractivity contribution is 7.08. The number of hydrogen-bond acceptors (Lipinski definition) is 5. The molecule has 2 amide bonds. The molecule has 0 fully saturated rings. The second-order valence-corrected chi connectivity index (χ2v) is 6.22. The molecular weight excluding hydrogens is 340 g/mol. The summed E-state index contributed by atoms with van der Waals surface area (Å²) in [6, 6.07) is 5.33. The summed E-state index contributed by atoms with van der Waals surface area (Å²) in [5.41, 5.74) is 2.22. The highest BCUT2D eigenvalue weighted by Crippen LogP contribution is 2.32. The Morgan fingerprint density at radius 2 is 1.88 bits per heavy atom. The molecule has 2 rings (SSSR count). The van der Waals surface area contributed by atoms with E-state index in [-0.39, 0.29) is 11.8 Å². The van der Waals surface area contributed by atoms with E-state index in [0.29, 0.717) is 42.1 Å². The lowest BCUT2D eigenvalue weighted by molar-refractivity contribution is -0.116. The van der Waals surface area contributed by atoms with Crippen LogP contribution in [-0.2, 0) is 4.79 Å².